The largest absolute Gasteiger partial charge is 0.462 e. The number of nitriles is 1. The molecule has 1 rings (SSSR count). The van der Waals surface area contributed by atoms with Gasteiger partial charge in [0, 0.05) is 0 Å². The Morgan fingerprint density at radius 2 is 2.11 bits per heavy atom. The molecule has 1 saturated carbocycles. The molecule has 0 amide bonds. The van der Waals surface area contributed by atoms with E-state index in [9.17, 15) is 4.79 Å². The first-order valence-electron chi connectivity index (χ1n) is 7.18. The fourth-order valence-electron chi connectivity index (χ4n) is 2.36. The summed E-state index contributed by atoms with van der Waals surface area (Å²) < 4.78 is 4.92. The van der Waals surface area contributed by atoms with Gasteiger partial charge in [-0.15, -0.1) is 0 Å². The first-order chi connectivity index (χ1) is 9.22. The Morgan fingerprint density at radius 3 is 2.63 bits per heavy atom. The lowest BCUT2D eigenvalue weighted by molar-refractivity contribution is -0.138. The lowest BCUT2D eigenvalue weighted by Gasteiger charge is -2.22. The van der Waals surface area contributed by atoms with Crippen molar-refractivity contribution in [2.24, 2.45) is 5.92 Å². The number of ether oxygens (including phenoxy) is 1. The zero-order chi connectivity index (χ0) is 14.1. The van der Waals surface area contributed by atoms with Crippen LogP contribution in [-0.4, -0.2) is 12.6 Å². The Kier molecular flexibility index (Phi) is 6.95. The molecule has 3 heteroatoms. The topological polar surface area (TPSA) is 50.1 Å². The molecular weight excluding hydrogens is 238 g/mol. The van der Waals surface area contributed by atoms with E-state index < -0.39 is 5.97 Å². The fraction of sp³-hybridized carbons (Fsp3) is 0.625. The Balaban J connectivity index is 2.60. The van der Waals surface area contributed by atoms with E-state index in [1.165, 1.54) is 6.42 Å². The van der Waals surface area contributed by atoms with Gasteiger partial charge in [-0.25, -0.2) is 4.79 Å². The van der Waals surface area contributed by atoms with Crippen molar-refractivity contribution in [2.75, 3.05) is 6.61 Å². The van der Waals surface area contributed by atoms with Crippen LogP contribution in [0.15, 0.2) is 23.3 Å². The summed E-state index contributed by atoms with van der Waals surface area (Å²) in [5.74, 6) is 0.136. The highest BCUT2D eigenvalue weighted by molar-refractivity contribution is 5.93. The van der Waals surface area contributed by atoms with E-state index in [2.05, 4.69) is 19.1 Å². The summed E-state index contributed by atoms with van der Waals surface area (Å²) in [6.45, 7) is 4.25. The number of unbranched alkanes of at least 4 members (excludes halogenated alkanes) is 1. The maximum atomic E-state index is 11.6. The molecular formula is C16H23NO2. The number of carbonyl (C=O) groups is 1. The molecule has 104 valence electrons. The van der Waals surface area contributed by atoms with Gasteiger partial charge in [-0.05, 0) is 50.5 Å². The zero-order valence-electron chi connectivity index (χ0n) is 11.9. The molecule has 0 saturated heterocycles. The summed E-state index contributed by atoms with van der Waals surface area (Å²) in [4.78, 5) is 11.6. The van der Waals surface area contributed by atoms with Crippen molar-refractivity contribution in [3.63, 3.8) is 0 Å². The second kappa shape index (κ2) is 8.53. The monoisotopic (exact) mass is 261 g/mol. The smallest absolute Gasteiger partial charge is 0.348 e. The molecule has 1 aliphatic rings. The third-order valence-electron chi connectivity index (χ3n) is 3.44. The van der Waals surface area contributed by atoms with Gasteiger partial charge in [-0.2, -0.15) is 5.26 Å². The summed E-state index contributed by atoms with van der Waals surface area (Å²) in [5.41, 5.74) is 1.21. The molecule has 0 heterocycles. The predicted molar refractivity (Wildman–Crippen MR) is 75.3 cm³/mol. The number of rotatable bonds is 5. The molecule has 1 fully saturated rings. The van der Waals surface area contributed by atoms with E-state index in [-0.39, 0.29) is 5.57 Å². The molecule has 0 aliphatic heterocycles. The quantitative estimate of drug-likeness (QED) is 0.326. The van der Waals surface area contributed by atoms with Crippen LogP contribution in [0.5, 0.6) is 0 Å². The number of hydrogen-bond acceptors (Lipinski definition) is 3. The van der Waals surface area contributed by atoms with Crippen molar-refractivity contribution < 1.29 is 9.53 Å². The van der Waals surface area contributed by atoms with Gasteiger partial charge in [-0.1, -0.05) is 25.5 Å². The van der Waals surface area contributed by atoms with Gasteiger partial charge >= 0.3 is 5.97 Å². The summed E-state index contributed by atoms with van der Waals surface area (Å²) in [6, 6.07) is 2.01. The van der Waals surface area contributed by atoms with E-state index in [0.717, 1.165) is 37.7 Å². The first kappa shape index (κ1) is 15.5. The van der Waals surface area contributed by atoms with Gasteiger partial charge in [0.1, 0.15) is 11.6 Å². The first-order valence-corrected chi connectivity index (χ1v) is 7.18. The summed E-state index contributed by atoms with van der Waals surface area (Å²) >= 11 is 0. The van der Waals surface area contributed by atoms with Crippen molar-refractivity contribution in [2.45, 2.75) is 52.4 Å². The lowest BCUT2D eigenvalue weighted by Crippen LogP contribution is -2.13. The lowest BCUT2D eigenvalue weighted by atomic mass is 9.83. The zero-order valence-corrected chi connectivity index (χ0v) is 11.9. The highest BCUT2D eigenvalue weighted by Gasteiger charge is 2.21. The van der Waals surface area contributed by atoms with Crippen LogP contribution in [-0.2, 0) is 9.53 Å². The van der Waals surface area contributed by atoms with Crippen LogP contribution in [0.1, 0.15) is 52.4 Å². The molecule has 3 nitrogen and oxygen atoms in total. The molecule has 1 aliphatic carbocycles. The Morgan fingerprint density at radius 1 is 1.42 bits per heavy atom. The third-order valence-corrected chi connectivity index (χ3v) is 3.44. The predicted octanol–water partition coefficient (Wildman–Crippen LogP) is 3.92. The number of esters is 1. The van der Waals surface area contributed by atoms with Crippen LogP contribution < -0.4 is 0 Å². The molecule has 0 bridgehead atoms. The van der Waals surface area contributed by atoms with Crippen LogP contribution in [0.2, 0.25) is 0 Å². The Bertz CT molecular complexity index is 391. The van der Waals surface area contributed by atoms with Gasteiger partial charge < -0.3 is 4.74 Å². The fourth-order valence-corrected chi connectivity index (χ4v) is 2.36. The highest BCUT2D eigenvalue weighted by atomic mass is 16.5. The van der Waals surface area contributed by atoms with E-state index in [0.29, 0.717) is 12.5 Å². The summed E-state index contributed by atoms with van der Waals surface area (Å²) in [6.07, 6.45) is 10.6. The number of carbonyl (C=O) groups excluding carboxylic acids is 1. The third kappa shape index (κ3) is 4.90. The van der Waals surface area contributed by atoms with Crippen LogP contribution in [0, 0.1) is 17.2 Å². The van der Waals surface area contributed by atoms with Crippen LogP contribution in [0.25, 0.3) is 0 Å². The van der Waals surface area contributed by atoms with Crippen molar-refractivity contribution >= 4 is 5.97 Å². The maximum Gasteiger partial charge on any atom is 0.348 e. The number of allylic oxidation sites excluding steroid dienone is 3. The maximum absolute atomic E-state index is 11.6. The minimum atomic E-state index is -0.458. The molecule has 0 N–H and O–H groups in total. The van der Waals surface area contributed by atoms with Crippen molar-refractivity contribution in [1.82, 2.24) is 0 Å². The highest BCUT2D eigenvalue weighted by Crippen LogP contribution is 2.31. The number of nitrogens with zero attached hydrogens (tertiary/aromatic N) is 1. The van der Waals surface area contributed by atoms with Gasteiger partial charge in [0.2, 0.25) is 0 Å². The average Bonchev–Trinajstić information content (AvgIpc) is 2.42. The summed E-state index contributed by atoms with van der Waals surface area (Å²) in [7, 11) is 0. The minimum absolute atomic E-state index is 0.234. The average molecular weight is 261 g/mol. The minimum Gasteiger partial charge on any atom is -0.462 e. The van der Waals surface area contributed by atoms with Gasteiger partial charge in [0.25, 0.3) is 0 Å². The molecule has 19 heavy (non-hydrogen) atoms. The van der Waals surface area contributed by atoms with Crippen LogP contribution >= 0.6 is 0 Å². The van der Waals surface area contributed by atoms with Crippen molar-refractivity contribution in [3.05, 3.63) is 23.3 Å². The normalized spacial score (nSPS) is 19.2. The molecule has 0 aromatic carbocycles. The SMILES string of the molecule is CCCC=CC1CCC(=C(C#N)C(=O)OCC)CC1. The van der Waals surface area contributed by atoms with Gasteiger partial charge in [0.05, 0.1) is 6.61 Å². The second-order valence-corrected chi connectivity index (χ2v) is 4.87. The Hall–Kier alpha value is -1.56. The molecule has 0 aromatic heterocycles. The van der Waals surface area contributed by atoms with Crippen LogP contribution in [0.3, 0.4) is 0 Å². The van der Waals surface area contributed by atoms with Gasteiger partial charge in [-0.3, -0.25) is 0 Å². The second-order valence-electron chi connectivity index (χ2n) is 4.87. The molecule has 0 atom stereocenters. The molecule has 0 spiro atoms. The van der Waals surface area contributed by atoms with E-state index in [1.807, 2.05) is 6.07 Å². The summed E-state index contributed by atoms with van der Waals surface area (Å²) in [5, 5.41) is 9.09. The van der Waals surface area contributed by atoms with E-state index in [1.54, 1.807) is 6.92 Å². The molecule has 0 radical (unpaired) electrons. The molecule has 0 unspecified atom stereocenters. The van der Waals surface area contributed by atoms with E-state index in [4.69, 9.17) is 10.00 Å². The van der Waals surface area contributed by atoms with Gasteiger partial charge in [0.15, 0.2) is 0 Å². The standard InChI is InChI=1S/C16H23NO2/c1-3-5-6-7-13-8-10-14(11-9-13)15(12-17)16(18)19-4-2/h6-7,13H,3-5,8-11H2,1-2H3. The van der Waals surface area contributed by atoms with Crippen molar-refractivity contribution in [1.29, 1.82) is 5.26 Å². The van der Waals surface area contributed by atoms with E-state index >= 15 is 0 Å². The van der Waals surface area contributed by atoms with Crippen LogP contribution in [0.4, 0.5) is 0 Å². The van der Waals surface area contributed by atoms with Crippen molar-refractivity contribution in [3.8, 4) is 6.07 Å². The Labute approximate surface area is 115 Å². The molecule has 0 aromatic rings. The number of hydrogen-bond donors (Lipinski definition) is 0.